The van der Waals surface area contributed by atoms with Crippen LogP contribution in [0.5, 0.6) is 5.75 Å². The number of nitrogens with one attached hydrogen (secondary N) is 1. The van der Waals surface area contributed by atoms with Crippen LogP contribution in [0.4, 0.5) is 5.69 Å². The molecule has 2 aromatic rings. The molecule has 2 aromatic carbocycles. The van der Waals surface area contributed by atoms with Crippen molar-refractivity contribution in [2.24, 2.45) is 0 Å². The van der Waals surface area contributed by atoms with Crippen LogP contribution in [-0.2, 0) is 11.2 Å². The van der Waals surface area contributed by atoms with Gasteiger partial charge in [-0.3, -0.25) is 9.59 Å². The van der Waals surface area contributed by atoms with Crippen LogP contribution in [-0.4, -0.2) is 22.1 Å². The summed E-state index contributed by atoms with van der Waals surface area (Å²) < 4.78 is 0. The first-order chi connectivity index (χ1) is 9.97. The third kappa shape index (κ3) is 3.60. The molecule has 0 radical (unpaired) electrons. The molecule has 0 unspecified atom stereocenters. The number of para-hydroxylation sites is 1. The Morgan fingerprint density at radius 3 is 2.52 bits per heavy atom. The van der Waals surface area contributed by atoms with Gasteiger partial charge < -0.3 is 15.5 Å². The highest BCUT2D eigenvalue weighted by Crippen LogP contribution is 2.20. The third-order valence-electron chi connectivity index (χ3n) is 3.07. The van der Waals surface area contributed by atoms with Crippen molar-refractivity contribution in [3.8, 4) is 5.75 Å². The van der Waals surface area contributed by atoms with E-state index in [0.717, 1.165) is 0 Å². The van der Waals surface area contributed by atoms with Gasteiger partial charge in [-0.05, 0) is 42.3 Å². The number of aryl methyl sites for hydroxylation is 1. The number of aromatic hydroxyl groups is 1. The molecule has 5 nitrogen and oxygen atoms in total. The number of benzene rings is 2. The SMILES string of the molecule is Cc1cc(C(=O)Nc2ccccc2CC(=O)O)ccc1O. The minimum absolute atomic E-state index is 0.123. The van der Waals surface area contributed by atoms with E-state index in [1.165, 1.54) is 12.1 Å². The molecule has 0 saturated carbocycles. The maximum Gasteiger partial charge on any atom is 0.307 e. The van der Waals surface area contributed by atoms with Gasteiger partial charge in [0.1, 0.15) is 5.75 Å². The second kappa shape index (κ2) is 6.09. The molecule has 3 N–H and O–H groups in total. The first-order valence-electron chi connectivity index (χ1n) is 6.38. The topological polar surface area (TPSA) is 86.6 Å². The predicted octanol–water partition coefficient (Wildman–Crippen LogP) is 2.58. The summed E-state index contributed by atoms with van der Waals surface area (Å²) in [6.07, 6.45) is -0.162. The summed E-state index contributed by atoms with van der Waals surface area (Å²) >= 11 is 0. The Labute approximate surface area is 121 Å². The molecule has 2 rings (SSSR count). The Hall–Kier alpha value is -2.82. The monoisotopic (exact) mass is 285 g/mol. The van der Waals surface area contributed by atoms with Gasteiger partial charge in [0.05, 0.1) is 6.42 Å². The van der Waals surface area contributed by atoms with Gasteiger partial charge in [0.2, 0.25) is 0 Å². The smallest absolute Gasteiger partial charge is 0.307 e. The van der Waals surface area contributed by atoms with Crippen LogP contribution in [0.3, 0.4) is 0 Å². The van der Waals surface area contributed by atoms with Crippen LogP contribution in [0.1, 0.15) is 21.5 Å². The Morgan fingerprint density at radius 1 is 1.14 bits per heavy atom. The molecular weight excluding hydrogens is 270 g/mol. The van der Waals surface area contributed by atoms with Crippen molar-refractivity contribution in [2.75, 3.05) is 5.32 Å². The van der Waals surface area contributed by atoms with Gasteiger partial charge in [0.15, 0.2) is 0 Å². The number of carboxylic acid groups (broad SMARTS) is 1. The number of carbonyl (C=O) groups excluding carboxylic acids is 1. The number of phenolic OH excluding ortho intramolecular Hbond substituents is 1. The van der Waals surface area contributed by atoms with Gasteiger partial charge in [-0.15, -0.1) is 0 Å². The highest BCUT2D eigenvalue weighted by atomic mass is 16.4. The highest BCUT2D eigenvalue weighted by Gasteiger charge is 2.11. The molecule has 0 fully saturated rings. The van der Waals surface area contributed by atoms with E-state index in [0.29, 0.717) is 22.4 Å². The quantitative estimate of drug-likeness (QED) is 0.805. The fourth-order valence-corrected chi connectivity index (χ4v) is 1.95. The second-order valence-corrected chi connectivity index (χ2v) is 4.68. The number of carbonyl (C=O) groups is 2. The van der Waals surface area contributed by atoms with Gasteiger partial charge in [0, 0.05) is 11.3 Å². The minimum Gasteiger partial charge on any atom is -0.508 e. The Morgan fingerprint density at radius 2 is 1.86 bits per heavy atom. The molecule has 0 atom stereocenters. The highest BCUT2D eigenvalue weighted by molar-refractivity contribution is 6.05. The molecule has 0 heterocycles. The first-order valence-corrected chi connectivity index (χ1v) is 6.38. The molecule has 0 aliphatic rings. The number of phenols is 1. The van der Waals surface area contributed by atoms with E-state index in [2.05, 4.69) is 5.32 Å². The van der Waals surface area contributed by atoms with Crippen LogP contribution >= 0.6 is 0 Å². The van der Waals surface area contributed by atoms with E-state index in [1.54, 1.807) is 37.3 Å². The molecule has 5 heteroatoms. The Bertz CT molecular complexity index is 694. The number of amides is 1. The molecule has 1 amide bonds. The zero-order valence-corrected chi connectivity index (χ0v) is 11.5. The lowest BCUT2D eigenvalue weighted by molar-refractivity contribution is -0.136. The van der Waals surface area contributed by atoms with E-state index in [9.17, 15) is 14.7 Å². The summed E-state index contributed by atoms with van der Waals surface area (Å²) in [5, 5.41) is 21.0. The van der Waals surface area contributed by atoms with Crippen LogP contribution in [0.25, 0.3) is 0 Å². The third-order valence-corrected chi connectivity index (χ3v) is 3.07. The van der Waals surface area contributed by atoms with Crippen LogP contribution < -0.4 is 5.32 Å². The molecule has 0 spiro atoms. The van der Waals surface area contributed by atoms with Crippen molar-refractivity contribution >= 4 is 17.6 Å². The van der Waals surface area contributed by atoms with Gasteiger partial charge in [0.25, 0.3) is 5.91 Å². The zero-order valence-electron chi connectivity index (χ0n) is 11.5. The number of hydrogen-bond acceptors (Lipinski definition) is 3. The molecule has 21 heavy (non-hydrogen) atoms. The largest absolute Gasteiger partial charge is 0.508 e. The summed E-state index contributed by atoms with van der Waals surface area (Å²) in [7, 11) is 0. The van der Waals surface area contributed by atoms with Crippen LogP contribution in [0, 0.1) is 6.92 Å². The zero-order chi connectivity index (χ0) is 15.4. The summed E-state index contributed by atoms with van der Waals surface area (Å²) in [5.74, 6) is -1.19. The fraction of sp³-hybridized carbons (Fsp3) is 0.125. The molecule has 108 valence electrons. The van der Waals surface area contributed by atoms with Crippen LogP contribution in [0.15, 0.2) is 42.5 Å². The number of carboxylic acids is 1. The van der Waals surface area contributed by atoms with Crippen molar-refractivity contribution in [3.05, 3.63) is 59.2 Å². The number of rotatable bonds is 4. The predicted molar refractivity (Wildman–Crippen MR) is 78.6 cm³/mol. The van der Waals surface area contributed by atoms with Crippen LogP contribution in [0.2, 0.25) is 0 Å². The van der Waals surface area contributed by atoms with Crippen molar-refractivity contribution in [1.29, 1.82) is 0 Å². The molecular formula is C16H15NO4. The summed E-state index contributed by atoms with van der Waals surface area (Å²) in [4.78, 5) is 23.0. The maximum absolute atomic E-state index is 12.2. The number of anilines is 1. The van der Waals surface area contributed by atoms with Crippen molar-refractivity contribution in [1.82, 2.24) is 0 Å². The average molecular weight is 285 g/mol. The van der Waals surface area contributed by atoms with Gasteiger partial charge >= 0.3 is 5.97 Å². The number of aliphatic carboxylic acids is 1. The lowest BCUT2D eigenvalue weighted by Gasteiger charge is -2.10. The average Bonchev–Trinajstić information content (AvgIpc) is 2.43. The van der Waals surface area contributed by atoms with E-state index in [1.807, 2.05) is 0 Å². The molecule has 0 saturated heterocycles. The molecule has 0 aromatic heterocycles. The van der Waals surface area contributed by atoms with Crippen molar-refractivity contribution in [2.45, 2.75) is 13.3 Å². The van der Waals surface area contributed by atoms with E-state index < -0.39 is 5.97 Å². The Balaban J connectivity index is 2.23. The van der Waals surface area contributed by atoms with Crippen molar-refractivity contribution < 1.29 is 19.8 Å². The van der Waals surface area contributed by atoms with Gasteiger partial charge in [-0.2, -0.15) is 0 Å². The Kier molecular flexibility index (Phi) is 4.23. The van der Waals surface area contributed by atoms with E-state index in [-0.39, 0.29) is 18.1 Å². The summed E-state index contributed by atoms with van der Waals surface area (Å²) in [5.41, 5.74) is 2.00. The first kappa shape index (κ1) is 14.6. The maximum atomic E-state index is 12.2. The molecule has 0 bridgehead atoms. The lowest BCUT2D eigenvalue weighted by Crippen LogP contribution is -2.14. The van der Waals surface area contributed by atoms with Gasteiger partial charge in [-0.1, -0.05) is 18.2 Å². The normalized spacial score (nSPS) is 10.1. The molecule has 0 aliphatic heterocycles. The summed E-state index contributed by atoms with van der Waals surface area (Å²) in [6, 6.07) is 11.3. The standard InChI is InChI=1S/C16H15NO4/c1-10-8-12(6-7-14(10)18)16(21)17-13-5-3-2-4-11(13)9-15(19)20/h2-8,18H,9H2,1H3,(H,17,21)(H,19,20). The summed E-state index contributed by atoms with van der Waals surface area (Å²) in [6.45, 7) is 1.70. The van der Waals surface area contributed by atoms with Crippen molar-refractivity contribution in [3.63, 3.8) is 0 Å². The number of hydrogen-bond donors (Lipinski definition) is 3. The molecule has 0 aliphatic carbocycles. The lowest BCUT2D eigenvalue weighted by atomic mass is 10.1. The van der Waals surface area contributed by atoms with E-state index in [4.69, 9.17) is 5.11 Å². The van der Waals surface area contributed by atoms with Gasteiger partial charge in [-0.25, -0.2) is 0 Å². The van der Waals surface area contributed by atoms with E-state index >= 15 is 0 Å². The minimum atomic E-state index is -0.961. The fourth-order valence-electron chi connectivity index (χ4n) is 1.95. The second-order valence-electron chi connectivity index (χ2n) is 4.68.